The van der Waals surface area contributed by atoms with E-state index in [0.717, 1.165) is 67.4 Å². The molecule has 4 unspecified atom stereocenters. The molecular weight excluding hydrogens is 1080 g/mol. The number of esters is 1. The lowest BCUT2D eigenvalue weighted by Crippen LogP contribution is -2.40. The number of ether oxygens (including phenoxy) is 2. The number of nitrogens with one attached hydrogen (secondary N) is 2. The van der Waals surface area contributed by atoms with Crippen LogP contribution in [0.3, 0.4) is 0 Å². The number of fused-ring (bicyclic) bond motifs is 10. The summed E-state index contributed by atoms with van der Waals surface area (Å²) in [6.45, 7) is 12.6. The van der Waals surface area contributed by atoms with Crippen LogP contribution in [0.5, 0.6) is 0 Å². The average molecular weight is 1160 g/mol. The Morgan fingerprint density at radius 1 is 0.690 bits per heavy atom. The van der Waals surface area contributed by atoms with E-state index in [1.54, 1.807) is 48.6 Å². The van der Waals surface area contributed by atoms with E-state index in [4.69, 9.17) is 20.9 Å². The highest BCUT2D eigenvalue weighted by molar-refractivity contribution is 6.06. The Hall–Kier alpha value is -7.73. The fourth-order valence-corrected chi connectivity index (χ4v) is 12.6. The summed E-state index contributed by atoms with van der Waals surface area (Å²) < 4.78 is 48.4. The predicted octanol–water partition coefficient (Wildman–Crippen LogP) is 6.42. The van der Waals surface area contributed by atoms with Gasteiger partial charge in [0, 0.05) is 64.9 Å². The third kappa shape index (κ3) is 11.6. The number of nitrogens with zero attached hydrogens (tertiary/aromatic N) is 10. The van der Waals surface area contributed by atoms with Crippen molar-refractivity contribution in [3.05, 3.63) is 104 Å². The van der Waals surface area contributed by atoms with Crippen LogP contribution in [0.15, 0.2) is 70.3 Å². The summed E-state index contributed by atoms with van der Waals surface area (Å²) in [4.78, 5) is 83.6. The smallest absolute Gasteiger partial charge is 0.407 e. The van der Waals surface area contributed by atoms with Gasteiger partial charge in [0.25, 0.3) is 5.91 Å². The minimum atomic E-state index is -0.775. The number of aryl methyl sites for hydroxylation is 2. The van der Waals surface area contributed by atoms with E-state index in [9.17, 15) is 24.0 Å². The number of likely N-dealkylation sites (tertiary alicyclic amines) is 2. The Morgan fingerprint density at radius 2 is 1.19 bits per heavy atom. The van der Waals surface area contributed by atoms with Crippen molar-refractivity contribution in [3.8, 4) is 0 Å². The summed E-state index contributed by atoms with van der Waals surface area (Å²) in [5.41, 5.74) is 14.0. The molecule has 0 saturated carbocycles. The molecule has 4 aliphatic heterocycles. The van der Waals surface area contributed by atoms with Gasteiger partial charge >= 0.3 is 12.1 Å². The van der Waals surface area contributed by atoms with E-state index in [1.807, 2.05) is 69.4 Å². The van der Waals surface area contributed by atoms with E-state index >= 15 is 8.78 Å². The Balaban J connectivity index is 0.000000163. The number of rotatable bonds is 11. The van der Waals surface area contributed by atoms with Crippen molar-refractivity contribution in [2.24, 2.45) is 25.6 Å². The third-order valence-corrected chi connectivity index (χ3v) is 16.8. The largest absolute Gasteiger partial charge is 0.462 e. The number of nitrogens with two attached hydrogens (primary N) is 2. The number of hydrogen-bond acceptors (Lipinski definition) is 15. The molecule has 4 saturated heterocycles. The summed E-state index contributed by atoms with van der Waals surface area (Å²) >= 11 is 0. The maximum Gasteiger partial charge on any atom is 0.407 e. The number of halogens is 2. The zero-order valence-corrected chi connectivity index (χ0v) is 49.3. The van der Waals surface area contributed by atoms with Crippen LogP contribution in [0.2, 0.25) is 0 Å². The maximum absolute atomic E-state index is 15.5. The van der Waals surface area contributed by atoms with Crippen molar-refractivity contribution in [1.82, 2.24) is 48.3 Å². The number of imidazole rings is 2. The zero-order chi connectivity index (χ0) is 59.9. The minimum absolute atomic E-state index is 0.00289. The van der Waals surface area contributed by atoms with Gasteiger partial charge in [0.15, 0.2) is 34.6 Å². The van der Waals surface area contributed by atoms with Crippen molar-refractivity contribution in [3.63, 3.8) is 0 Å². The van der Waals surface area contributed by atoms with E-state index in [0.29, 0.717) is 67.6 Å². The highest BCUT2D eigenvalue weighted by atomic mass is 19.1. The fraction of sp³-hybridized carbons (Fsp3) is 0.492. The molecule has 4 aliphatic rings. The zero-order valence-electron chi connectivity index (χ0n) is 49.3. The average Bonchev–Trinajstić information content (AvgIpc) is 1.56. The number of anilines is 2. The normalized spacial score (nSPS) is 19.4. The van der Waals surface area contributed by atoms with Crippen LogP contribution in [-0.2, 0) is 23.6 Å². The number of alkyl carbamates (subject to hydrolysis) is 1. The molecule has 0 aliphatic carbocycles. The molecule has 6 N–H and O–H groups in total. The molecule has 6 aromatic heterocycles. The quantitative estimate of drug-likeness (QED) is 0.102. The number of benzene rings is 2. The molecule has 448 valence electrons. The van der Waals surface area contributed by atoms with Crippen molar-refractivity contribution in [2.75, 3.05) is 82.9 Å². The molecule has 10 heterocycles. The second-order valence-corrected chi connectivity index (χ2v) is 23.6. The number of carbonyl (C=O) groups is 3. The van der Waals surface area contributed by atoms with Gasteiger partial charge in [0.05, 0.1) is 45.5 Å². The van der Waals surface area contributed by atoms with Crippen molar-refractivity contribution in [2.45, 2.75) is 109 Å². The lowest BCUT2D eigenvalue weighted by atomic mass is 10.1. The Bertz CT molecular complexity index is 3940. The second-order valence-electron chi connectivity index (χ2n) is 23.6. The molecule has 0 spiro atoms. The van der Waals surface area contributed by atoms with Crippen molar-refractivity contribution >= 4 is 85.0 Å². The fourth-order valence-electron chi connectivity index (χ4n) is 12.6. The van der Waals surface area contributed by atoms with Gasteiger partial charge in [-0.05, 0) is 149 Å². The van der Waals surface area contributed by atoms with Gasteiger partial charge < -0.3 is 60.3 Å². The summed E-state index contributed by atoms with van der Waals surface area (Å²) in [6, 6.07) is 18.3. The molecule has 4 atom stereocenters. The lowest BCUT2D eigenvalue weighted by molar-refractivity contribution is 0.0503. The summed E-state index contributed by atoms with van der Waals surface area (Å²) in [6.07, 6.45) is 7.75. The molecule has 0 bridgehead atoms. The van der Waals surface area contributed by atoms with E-state index in [1.165, 1.54) is 31.9 Å². The molecule has 84 heavy (non-hydrogen) atoms. The Morgan fingerprint density at radius 3 is 1.68 bits per heavy atom. The lowest BCUT2D eigenvalue weighted by Gasteiger charge is -2.22. The SMILES string of the molecule is CCOC(=O)c1c(=O)c2cc(F)c(N3CCC(NC(=O)OC(C)(C)C)C3)nc2n2c3ccccc3n(C)c12.CN1CCCC1CCN.CN1CCCC1CCNC(=O)c1c(=O)c2cc(F)c(N3CCC(N)C3)nc2n2c3ccccc3n(C)c12. The van der Waals surface area contributed by atoms with Gasteiger partial charge in [-0.15, -0.1) is 0 Å². The molecular formula is C61H78F2N14O7. The number of amides is 2. The van der Waals surface area contributed by atoms with Crippen LogP contribution in [0.1, 0.15) is 99.8 Å². The van der Waals surface area contributed by atoms with Gasteiger partial charge in [-0.25, -0.2) is 28.3 Å². The molecule has 2 aromatic carbocycles. The highest BCUT2D eigenvalue weighted by Gasteiger charge is 2.33. The molecule has 0 radical (unpaired) electrons. The first-order valence-corrected chi connectivity index (χ1v) is 29.2. The van der Waals surface area contributed by atoms with Crippen LogP contribution in [0.25, 0.3) is 55.4 Å². The van der Waals surface area contributed by atoms with Crippen molar-refractivity contribution in [1.29, 1.82) is 0 Å². The standard InChI is InChI=1S/C27H32FN7O2.C27H30FN5O5.C7H16N2/c1-32-12-5-6-17(32)9-11-30-26(37)22-23(36)18-14-19(28)25(34-13-10-16(29)15-34)31-24(18)35-21-8-4-3-7-20(21)33(2)27(22)35;1-6-37-25(35)20-21(34)16-13-17(28)23(32-12-11-15(14-32)29-26(36)38-27(2,3)4)30-22(16)33-19-10-8-7-9-18(19)31(5)24(20)33;1-9-6-2-3-7(9)4-5-8/h3-4,7-8,14,16-17H,5-6,9-13,15,29H2,1-2H3,(H,30,37);7-10,13,15H,6,11-12,14H2,1-5H3,(H,29,36);7H,2-6,8H2,1H3. The first-order chi connectivity index (χ1) is 40.2. The molecule has 23 heteroatoms. The molecule has 8 aromatic rings. The van der Waals surface area contributed by atoms with E-state index < -0.39 is 46.1 Å². The number of carbonyl (C=O) groups excluding carboxylic acids is 3. The predicted molar refractivity (Wildman–Crippen MR) is 323 cm³/mol. The molecule has 2 amide bonds. The van der Waals surface area contributed by atoms with Gasteiger partial charge in [-0.2, -0.15) is 0 Å². The van der Waals surface area contributed by atoms with Gasteiger partial charge in [-0.3, -0.25) is 23.2 Å². The summed E-state index contributed by atoms with van der Waals surface area (Å²) in [7, 11) is 7.87. The number of para-hydroxylation sites is 4. The first kappa shape index (κ1) is 59.4. The van der Waals surface area contributed by atoms with E-state index in [2.05, 4.69) is 44.5 Å². The Kier molecular flexibility index (Phi) is 17.3. The minimum Gasteiger partial charge on any atom is -0.462 e. The van der Waals surface area contributed by atoms with E-state index in [-0.39, 0.29) is 57.9 Å². The molecule has 12 rings (SSSR count). The van der Waals surface area contributed by atoms with Crippen LogP contribution in [0, 0.1) is 11.6 Å². The second kappa shape index (κ2) is 24.5. The summed E-state index contributed by atoms with van der Waals surface area (Å²) in [5.74, 6) is -2.26. The molecule has 21 nitrogen and oxygen atoms in total. The number of pyridine rings is 4. The third-order valence-electron chi connectivity index (χ3n) is 16.8. The number of aromatic nitrogens is 6. The van der Waals surface area contributed by atoms with Crippen molar-refractivity contribution < 1.29 is 32.6 Å². The molecule has 4 fully saturated rings. The Labute approximate surface area is 485 Å². The first-order valence-electron chi connectivity index (χ1n) is 29.2. The van der Waals surface area contributed by atoms with Crippen LogP contribution >= 0.6 is 0 Å². The van der Waals surface area contributed by atoms with Gasteiger partial charge in [0.2, 0.25) is 10.9 Å². The van der Waals surface area contributed by atoms with Crippen LogP contribution in [0.4, 0.5) is 25.2 Å². The maximum atomic E-state index is 15.5. The topological polar surface area (TPSA) is 237 Å². The monoisotopic (exact) mass is 1160 g/mol. The van der Waals surface area contributed by atoms with Gasteiger partial charge in [0.1, 0.15) is 28.0 Å². The highest BCUT2D eigenvalue weighted by Crippen LogP contribution is 2.32. The summed E-state index contributed by atoms with van der Waals surface area (Å²) in [5, 5.41) is 5.85. The number of hydrogen-bond donors (Lipinski definition) is 4. The van der Waals surface area contributed by atoms with Crippen LogP contribution < -0.4 is 42.8 Å². The van der Waals surface area contributed by atoms with Crippen LogP contribution in [-0.4, -0.2) is 159 Å². The van der Waals surface area contributed by atoms with Gasteiger partial charge in [-0.1, -0.05) is 24.3 Å².